The zero-order valence-corrected chi connectivity index (χ0v) is 9.10. The molecule has 0 aromatic heterocycles. The van der Waals surface area contributed by atoms with Gasteiger partial charge in [-0.05, 0) is 24.9 Å². The molecule has 0 amide bonds. The summed E-state index contributed by atoms with van der Waals surface area (Å²) in [6.45, 7) is 3.95. The highest BCUT2D eigenvalue weighted by Gasteiger charge is 2.39. The first-order chi connectivity index (χ1) is 7.03. The minimum atomic E-state index is -0.907. The fraction of sp³-hybridized carbons (Fsp3) is 0.417. The van der Waals surface area contributed by atoms with E-state index >= 15 is 0 Å². The summed E-state index contributed by atoms with van der Waals surface area (Å²) >= 11 is 0. The maximum Gasteiger partial charge on any atom is 0.314 e. The van der Waals surface area contributed by atoms with Gasteiger partial charge in [0.1, 0.15) is 0 Å². The Bertz CT molecular complexity index is 337. The van der Waals surface area contributed by atoms with E-state index in [0.29, 0.717) is 6.54 Å². The van der Waals surface area contributed by atoms with Crippen LogP contribution in [-0.2, 0) is 10.2 Å². The van der Waals surface area contributed by atoms with Crippen LogP contribution < -0.4 is 5.73 Å². The number of carboxylic acids is 1. The maximum atomic E-state index is 11.4. The van der Waals surface area contributed by atoms with Crippen LogP contribution in [-0.4, -0.2) is 17.6 Å². The Hall–Kier alpha value is -1.35. The average molecular weight is 207 g/mol. The van der Waals surface area contributed by atoms with Crippen LogP contribution >= 0.6 is 0 Å². The number of carboxylic acid groups (broad SMARTS) is 1. The number of hydrogen-bond acceptors (Lipinski definition) is 2. The second-order valence-corrected chi connectivity index (χ2v) is 4.01. The van der Waals surface area contributed by atoms with Gasteiger partial charge in [-0.2, -0.15) is 0 Å². The zero-order valence-electron chi connectivity index (χ0n) is 9.10. The largest absolute Gasteiger partial charge is 0.481 e. The minimum absolute atomic E-state index is 0.0996. The summed E-state index contributed by atoms with van der Waals surface area (Å²) in [6, 6.07) is 9.24. The van der Waals surface area contributed by atoms with E-state index in [-0.39, 0.29) is 5.92 Å². The Labute approximate surface area is 89.9 Å². The van der Waals surface area contributed by atoms with Crippen LogP contribution in [0, 0.1) is 5.92 Å². The summed E-state index contributed by atoms with van der Waals surface area (Å²) in [6.07, 6.45) is 0. The molecule has 0 spiro atoms. The third-order valence-corrected chi connectivity index (χ3v) is 3.16. The lowest BCUT2D eigenvalue weighted by Gasteiger charge is -2.31. The Morgan fingerprint density at radius 3 is 2.40 bits per heavy atom. The fourth-order valence-corrected chi connectivity index (χ4v) is 1.64. The van der Waals surface area contributed by atoms with E-state index in [2.05, 4.69) is 0 Å². The van der Waals surface area contributed by atoms with Crippen LogP contribution in [0.2, 0.25) is 0 Å². The molecular weight excluding hydrogens is 190 g/mol. The molecule has 0 aliphatic rings. The molecule has 0 aliphatic heterocycles. The van der Waals surface area contributed by atoms with E-state index in [1.165, 1.54) is 0 Å². The molecule has 0 aliphatic carbocycles. The lowest BCUT2D eigenvalue weighted by Crippen LogP contribution is -2.42. The van der Waals surface area contributed by atoms with Crippen molar-refractivity contribution in [1.29, 1.82) is 0 Å². The lowest BCUT2D eigenvalue weighted by molar-refractivity contribution is -0.145. The van der Waals surface area contributed by atoms with Gasteiger partial charge >= 0.3 is 5.97 Å². The number of benzene rings is 1. The van der Waals surface area contributed by atoms with Crippen LogP contribution in [0.5, 0.6) is 0 Å². The van der Waals surface area contributed by atoms with E-state index in [1.54, 1.807) is 6.92 Å². The first kappa shape index (κ1) is 11.7. The number of hydrogen-bond donors (Lipinski definition) is 2. The van der Waals surface area contributed by atoms with Crippen LogP contribution in [0.4, 0.5) is 0 Å². The smallest absolute Gasteiger partial charge is 0.314 e. The van der Waals surface area contributed by atoms with Gasteiger partial charge < -0.3 is 10.8 Å². The van der Waals surface area contributed by atoms with Crippen molar-refractivity contribution < 1.29 is 9.90 Å². The molecule has 1 aromatic carbocycles. The molecule has 0 bridgehead atoms. The Kier molecular flexibility index (Phi) is 3.48. The molecule has 3 heteroatoms. The van der Waals surface area contributed by atoms with Crippen LogP contribution in [0.25, 0.3) is 0 Å². The molecule has 2 unspecified atom stereocenters. The molecule has 3 nitrogen and oxygen atoms in total. The molecule has 0 saturated heterocycles. The van der Waals surface area contributed by atoms with Gasteiger partial charge in [0.05, 0.1) is 5.41 Å². The van der Waals surface area contributed by atoms with Gasteiger partial charge in [0.15, 0.2) is 0 Å². The van der Waals surface area contributed by atoms with Crippen molar-refractivity contribution in [2.45, 2.75) is 19.3 Å². The van der Waals surface area contributed by atoms with Crippen LogP contribution in [0.15, 0.2) is 30.3 Å². The van der Waals surface area contributed by atoms with Crippen molar-refractivity contribution in [2.75, 3.05) is 6.54 Å². The van der Waals surface area contributed by atoms with Gasteiger partial charge in [0.2, 0.25) is 0 Å². The van der Waals surface area contributed by atoms with Crippen molar-refractivity contribution >= 4 is 5.97 Å². The number of aliphatic carboxylic acids is 1. The fourth-order valence-electron chi connectivity index (χ4n) is 1.64. The highest BCUT2D eigenvalue weighted by atomic mass is 16.4. The number of nitrogens with two attached hydrogens (primary N) is 1. The first-order valence-corrected chi connectivity index (χ1v) is 5.02. The van der Waals surface area contributed by atoms with Crippen molar-refractivity contribution in [3.63, 3.8) is 0 Å². The normalized spacial score (nSPS) is 16.7. The van der Waals surface area contributed by atoms with Gasteiger partial charge in [0, 0.05) is 0 Å². The Balaban J connectivity index is 3.19. The van der Waals surface area contributed by atoms with Crippen LogP contribution in [0.3, 0.4) is 0 Å². The molecule has 15 heavy (non-hydrogen) atoms. The van der Waals surface area contributed by atoms with Crippen LogP contribution in [0.1, 0.15) is 19.4 Å². The average Bonchev–Trinajstić information content (AvgIpc) is 2.27. The molecule has 0 heterocycles. The molecule has 1 aromatic rings. The summed E-state index contributed by atoms with van der Waals surface area (Å²) in [4.78, 5) is 11.4. The molecule has 2 atom stereocenters. The summed E-state index contributed by atoms with van der Waals surface area (Å²) in [5.41, 5.74) is 5.46. The Morgan fingerprint density at radius 2 is 2.00 bits per heavy atom. The monoisotopic (exact) mass is 207 g/mol. The Morgan fingerprint density at radius 1 is 1.47 bits per heavy atom. The summed E-state index contributed by atoms with van der Waals surface area (Å²) in [5.74, 6) is -0.927. The summed E-state index contributed by atoms with van der Waals surface area (Å²) in [5, 5.41) is 9.33. The molecule has 1 rings (SSSR count). The second-order valence-electron chi connectivity index (χ2n) is 4.01. The second kappa shape index (κ2) is 4.45. The predicted octanol–water partition coefficient (Wildman–Crippen LogP) is 1.62. The maximum absolute atomic E-state index is 11.4. The van der Waals surface area contributed by atoms with E-state index in [9.17, 15) is 9.90 Å². The van der Waals surface area contributed by atoms with E-state index in [0.717, 1.165) is 5.56 Å². The first-order valence-electron chi connectivity index (χ1n) is 5.02. The minimum Gasteiger partial charge on any atom is -0.481 e. The molecule has 0 radical (unpaired) electrons. The van der Waals surface area contributed by atoms with Crippen molar-refractivity contribution in [3.05, 3.63) is 35.9 Å². The molecule has 0 fully saturated rings. The molecule has 0 saturated carbocycles. The third-order valence-electron chi connectivity index (χ3n) is 3.16. The van der Waals surface area contributed by atoms with Gasteiger partial charge in [-0.15, -0.1) is 0 Å². The van der Waals surface area contributed by atoms with Crippen molar-refractivity contribution in [3.8, 4) is 0 Å². The van der Waals surface area contributed by atoms with Crippen molar-refractivity contribution in [1.82, 2.24) is 0 Å². The molecule has 82 valence electrons. The van der Waals surface area contributed by atoms with Gasteiger partial charge in [-0.1, -0.05) is 37.3 Å². The highest BCUT2D eigenvalue weighted by molar-refractivity contribution is 5.81. The third kappa shape index (κ3) is 2.02. The highest BCUT2D eigenvalue weighted by Crippen LogP contribution is 2.31. The van der Waals surface area contributed by atoms with E-state index in [1.807, 2.05) is 37.3 Å². The number of rotatable bonds is 4. The quantitative estimate of drug-likeness (QED) is 0.788. The summed E-state index contributed by atoms with van der Waals surface area (Å²) < 4.78 is 0. The summed E-state index contributed by atoms with van der Waals surface area (Å²) in [7, 11) is 0. The van der Waals surface area contributed by atoms with Gasteiger partial charge in [-0.25, -0.2) is 0 Å². The molecule has 3 N–H and O–H groups in total. The zero-order chi connectivity index (χ0) is 11.5. The van der Waals surface area contributed by atoms with E-state index < -0.39 is 11.4 Å². The van der Waals surface area contributed by atoms with Gasteiger partial charge in [-0.3, -0.25) is 4.79 Å². The lowest BCUT2D eigenvalue weighted by atomic mass is 9.72. The topological polar surface area (TPSA) is 63.3 Å². The van der Waals surface area contributed by atoms with Crippen molar-refractivity contribution in [2.24, 2.45) is 11.7 Å². The van der Waals surface area contributed by atoms with E-state index in [4.69, 9.17) is 5.73 Å². The standard InChI is InChI=1S/C12H17NO2/c1-9(8-13)12(2,11(14)15)10-6-4-3-5-7-10/h3-7,9H,8,13H2,1-2H3,(H,14,15). The van der Waals surface area contributed by atoms with Gasteiger partial charge in [0.25, 0.3) is 0 Å². The molecular formula is C12H17NO2. The SMILES string of the molecule is CC(CN)C(C)(C(=O)O)c1ccccc1. The number of carbonyl (C=O) groups is 1. The predicted molar refractivity (Wildman–Crippen MR) is 59.6 cm³/mol.